The number of nitrogens with zero attached hydrogens (tertiary/aromatic N) is 2. The largest absolute Gasteiger partial charge is 0.329 e. The van der Waals surface area contributed by atoms with Gasteiger partial charge in [0.15, 0.2) is 10.8 Å². The maximum Gasteiger partial charge on any atom is 0.256 e. The van der Waals surface area contributed by atoms with E-state index in [4.69, 9.17) is 5.14 Å². The molecular weight excluding hydrogens is 282 g/mol. The number of sulfonamides is 1. The zero-order chi connectivity index (χ0) is 14.9. The molecule has 1 amide bonds. The standard InChI is InChI=1S/C12H15N3O4S/c1-8(16)10-3-2-6-15(10)12(17)9-4-5-11(14-7-9)20(13,18)19/h4-5,7,10H,2-3,6H2,1H3,(H2,13,18,19)/t10-/m0/s1. The molecular formula is C12H15N3O4S. The summed E-state index contributed by atoms with van der Waals surface area (Å²) in [6.07, 6.45) is 2.60. The molecule has 1 aromatic heterocycles. The maximum atomic E-state index is 12.3. The molecule has 1 aliphatic heterocycles. The molecule has 1 aromatic rings. The van der Waals surface area contributed by atoms with E-state index in [-0.39, 0.29) is 22.3 Å². The van der Waals surface area contributed by atoms with Gasteiger partial charge >= 0.3 is 0 Å². The van der Waals surface area contributed by atoms with Crippen molar-refractivity contribution in [3.05, 3.63) is 23.9 Å². The second-order valence-corrected chi connectivity index (χ2v) is 6.21. The lowest BCUT2D eigenvalue weighted by atomic mass is 10.1. The normalized spacial score (nSPS) is 19.1. The van der Waals surface area contributed by atoms with Gasteiger partial charge in [0.1, 0.15) is 0 Å². The number of likely N-dealkylation sites (tertiary alicyclic amines) is 1. The highest BCUT2D eigenvalue weighted by atomic mass is 32.2. The van der Waals surface area contributed by atoms with Crippen LogP contribution in [0.15, 0.2) is 23.4 Å². The first-order valence-electron chi connectivity index (χ1n) is 6.11. The molecule has 0 aromatic carbocycles. The highest BCUT2D eigenvalue weighted by Gasteiger charge is 2.32. The molecule has 1 aliphatic rings. The van der Waals surface area contributed by atoms with E-state index < -0.39 is 16.1 Å². The number of carbonyl (C=O) groups excluding carboxylic acids is 2. The lowest BCUT2D eigenvalue weighted by Crippen LogP contribution is -2.39. The van der Waals surface area contributed by atoms with Gasteiger partial charge in [0.25, 0.3) is 15.9 Å². The van der Waals surface area contributed by atoms with E-state index in [2.05, 4.69) is 4.98 Å². The van der Waals surface area contributed by atoms with Crippen molar-refractivity contribution in [3.63, 3.8) is 0 Å². The Hall–Kier alpha value is -1.80. The fourth-order valence-electron chi connectivity index (χ4n) is 2.27. The second kappa shape index (κ2) is 5.29. The smallest absolute Gasteiger partial charge is 0.256 e. The molecule has 0 unspecified atom stereocenters. The van der Waals surface area contributed by atoms with Crippen LogP contribution >= 0.6 is 0 Å². The third kappa shape index (κ3) is 2.86. The van der Waals surface area contributed by atoms with Gasteiger partial charge in [-0.3, -0.25) is 9.59 Å². The summed E-state index contributed by atoms with van der Waals surface area (Å²) in [5.74, 6) is -0.374. The predicted octanol–water partition coefficient (Wildman–Crippen LogP) is -0.0774. The van der Waals surface area contributed by atoms with Crippen LogP contribution in [0.5, 0.6) is 0 Å². The minimum absolute atomic E-state index is 0.0510. The zero-order valence-corrected chi connectivity index (χ0v) is 11.8. The Morgan fingerprint density at radius 2 is 2.10 bits per heavy atom. The van der Waals surface area contributed by atoms with Crippen molar-refractivity contribution in [1.82, 2.24) is 9.88 Å². The summed E-state index contributed by atoms with van der Waals surface area (Å²) in [5, 5.41) is 4.64. The second-order valence-electron chi connectivity index (χ2n) is 4.70. The number of Topliss-reactive ketones (excluding diaryl/α,β-unsaturated/α-hetero) is 1. The van der Waals surface area contributed by atoms with E-state index in [1.807, 2.05) is 0 Å². The molecule has 1 atom stereocenters. The molecule has 20 heavy (non-hydrogen) atoms. The number of hydrogen-bond acceptors (Lipinski definition) is 5. The first-order valence-corrected chi connectivity index (χ1v) is 7.65. The lowest BCUT2D eigenvalue weighted by Gasteiger charge is -2.22. The van der Waals surface area contributed by atoms with E-state index >= 15 is 0 Å². The number of amides is 1. The SMILES string of the molecule is CC(=O)[C@@H]1CCCN1C(=O)c1ccc(S(N)(=O)=O)nc1. The first-order chi connectivity index (χ1) is 9.30. The van der Waals surface area contributed by atoms with Crippen LogP contribution in [0.25, 0.3) is 0 Å². The van der Waals surface area contributed by atoms with Crippen LogP contribution in [0.3, 0.4) is 0 Å². The molecule has 0 saturated carbocycles. The van der Waals surface area contributed by atoms with E-state index in [1.54, 1.807) is 0 Å². The Morgan fingerprint density at radius 3 is 2.60 bits per heavy atom. The van der Waals surface area contributed by atoms with Crippen molar-refractivity contribution >= 4 is 21.7 Å². The molecule has 0 radical (unpaired) electrons. The molecule has 0 spiro atoms. The molecule has 2 rings (SSSR count). The predicted molar refractivity (Wildman–Crippen MR) is 70.3 cm³/mol. The Bertz CT molecular complexity index is 639. The van der Waals surface area contributed by atoms with E-state index in [1.165, 1.54) is 24.0 Å². The number of carbonyl (C=O) groups is 2. The third-order valence-corrected chi connectivity index (χ3v) is 4.08. The molecule has 1 saturated heterocycles. The number of hydrogen-bond donors (Lipinski definition) is 1. The average molecular weight is 297 g/mol. The van der Waals surface area contributed by atoms with Gasteiger partial charge in [-0.05, 0) is 31.9 Å². The molecule has 108 valence electrons. The zero-order valence-electron chi connectivity index (χ0n) is 10.9. The third-order valence-electron chi connectivity index (χ3n) is 3.26. The molecule has 1 fully saturated rings. The van der Waals surface area contributed by atoms with Crippen LogP contribution in [-0.4, -0.2) is 42.6 Å². The summed E-state index contributed by atoms with van der Waals surface area (Å²) < 4.78 is 22.2. The van der Waals surface area contributed by atoms with Crippen molar-refractivity contribution < 1.29 is 18.0 Å². The highest BCUT2D eigenvalue weighted by Crippen LogP contribution is 2.20. The summed E-state index contributed by atoms with van der Waals surface area (Å²) in [6.45, 7) is 1.97. The van der Waals surface area contributed by atoms with Gasteiger partial charge in [-0.15, -0.1) is 0 Å². The Kier molecular flexibility index (Phi) is 3.87. The van der Waals surface area contributed by atoms with Gasteiger partial charge in [0.2, 0.25) is 0 Å². The minimum Gasteiger partial charge on any atom is -0.329 e. The number of pyridine rings is 1. The van der Waals surface area contributed by atoms with Gasteiger partial charge in [0.05, 0.1) is 11.6 Å². The monoisotopic (exact) mass is 297 g/mol. The lowest BCUT2D eigenvalue weighted by molar-refractivity contribution is -0.120. The van der Waals surface area contributed by atoms with Gasteiger partial charge in [-0.2, -0.15) is 0 Å². The fourth-order valence-corrected chi connectivity index (χ4v) is 2.73. The van der Waals surface area contributed by atoms with Crippen LogP contribution in [0.1, 0.15) is 30.1 Å². The highest BCUT2D eigenvalue weighted by molar-refractivity contribution is 7.89. The molecule has 8 heteroatoms. The Morgan fingerprint density at radius 1 is 1.40 bits per heavy atom. The van der Waals surface area contributed by atoms with Crippen molar-refractivity contribution in [2.45, 2.75) is 30.8 Å². The van der Waals surface area contributed by atoms with Crippen molar-refractivity contribution in [2.75, 3.05) is 6.54 Å². The van der Waals surface area contributed by atoms with E-state index in [0.29, 0.717) is 13.0 Å². The maximum absolute atomic E-state index is 12.3. The van der Waals surface area contributed by atoms with Gasteiger partial charge in [-0.25, -0.2) is 18.5 Å². The number of ketones is 1. The van der Waals surface area contributed by atoms with Crippen LogP contribution in [0.2, 0.25) is 0 Å². The molecule has 7 nitrogen and oxygen atoms in total. The van der Waals surface area contributed by atoms with Crippen LogP contribution < -0.4 is 5.14 Å². The van der Waals surface area contributed by atoms with Crippen LogP contribution in [-0.2, 0) is 14.8 Å². The molecule has 2 heterocycles. The van der Waals surface area contributed by atoms with Gasteiger partial charge in [-0.1, -0.05) is 0 Å². The summed E-state index contributed by atoms with van der Waals surface area (Å²) in [5.41, 5.74) is 0.241. The number of aromatic nitrogens is 1. The summed E-state index contributed by atoms with van der Waals surface area (Å²) in [6, 6.07) is 2.13. The van der Waals surface area contributed by atoms with Gasteiger partial charge < -0.3 is 4.90 Å². The van der Waals surface area contributed by atoms with Crippen molar-refractivity contribution in [1.29, 1.82) is 0 Å². The van der Waals surface area contributed by atoms with Crippen molar-refractivity contribution in [3.8, 4) is 0 Å². The molecule has 0 bridgehead atoms. The van der Waals surface area contributed by atoms with Crippen LogP contribution in [0, 0.1) is 0 Å². The van der Waals surface area contributed by atoms with Gasteiger partial charge in [0, 0.05) is 12.7 Å². The summed E-state index contributed by atoms with van der Waals surface area (Å²) in [4.78, 5) is 28.9. The quantitative estimate of drug-likeness (QED) is 0.839. The van der Waals surface area contributed by atoms with Crippen molar-refractivity contribution in [2.24, 2.45) is 5.14 Å². The molecule has 0 aliphatic carbocycles. The summed E-state index contributed by atoms with van der Waals surface area (Å²) in [7, 11) is -3.88. The Balaban J connectivity index is 2.24. The fraction of sp³-hybridized carbons (Fsp3) is 0.417. The number of nitrogens with two attached hydrogens (primary N) is 1. The van der Waals surface area contributed by atoms with E-state index in [9.17, 15) is 18.0 Å². The molecule has 2 N–H and O–H groups in total. The number of rotatable bonds is 3. The van der Waals surface area contributed by atoms with Crippen LogP contribution in [0.4, 0.5) is 0 Å². The minimum atomic E-state index is -3.88. The first kappa shape index (κ1) is 14.6. The average Bonchev–Trinajstić information content (AvgIpc) is 2.86. The summed E-state index contributed by atoms with van der Waals surface area (Å²) >= 11 is 0. The Labute approximate surface area is 116 Å². The number of primary sulfonamides is 1. The topological polar surface area (TPSA) is 110 Å². The van der Waals surface area contributed by atoms with E-state index in [0.717, 1.165) is 12.6 Å².